The van der Waals surface area contributed by atoms with Crippen molar-refractivity contribution in [3.8, 4) is 28.2 Å². The van der Waals surface area contributed by atoms with Crippen molar-refractivity contribution in [2.24, 2.45) is 0 Å². The summed E-state index contributed by atoms with van der Waals surface area (Å²) in [5.74, 6) is 0. The van der Waals surface area contributed by atoms with Crippen molar-refractivity contribution in [1.29, 1.82) is 0 Å². The van der Waals surface area contributed by atoms with E-state index in [0.717, 1.165) is 17.1 Å². The predicted octanol–water partition coefficient (Wildman–Crippen LogP) is 15.0. The minimum Gasteiger partial charge on any atom is -0.309 e. The van der Waals surface area contributed by atoms with Crippen LogP contribution in [0.4, 0.5) is 0 Å². The Kier molecular flexibility index (Phi) is 6.60. The number of thiophene rings is 1. The molecule has 0 bridgehead atoms. The quantitative estimate of drug-likeness (QED) is 0.170. The van der Waals surface area contributed by atoms with Crippen LogP contribution in [0.2, 0.25) is 0 Å². The largest absolute Gasteiger partial charge is 0.309 e. The van der Waals surface area contributed by atoms with E-state index in [2.05, 4.69) is 214 Å². The Bertz CT molecular complexity index is 3770. The molecule has 0 saturated heterocycles. The van der Waals surface area contributed by atoms with Crippen LogP contribution in [0.15, 0.2) is 200 Å². The minimum absolute atomic E-state index is 1.15. The molecular formula is C54H33N3S. The molecule has 58 heavy (non-hydrogen) atoms. The van der Waals surface area contributed by atoms with Gasteiger partial charge in [-0.15, -0.1) is 11.3 Å². The van der Waals surface area contributed by atoms with Gasteiger partial charge in [-0.05, 0) is 102 Å². The van der Waals surface area contributed by atoms with Gasteiger partial charge in [-0.2, -0.15) is 0 Å². The van der Waals surface area contributed by atoms with Gasteiger partial charge in [0.2, 0.25) is 0 Å². The highest BCUT2D eigenvalue weighted by Crippen LogP contribution is 2.43. The summed E-state index contributed by atoms with van der Waals surface area (Å²) in [6.45, 7) is 0. The number of rotatable bonds is 4. The lowest BCUT2D eigenvalue weighted by molar-refractivity contribution is 1.17. The molecule has 0 spiro atoms. The summed E-state index contributed by atoms with van der Waals surface area (Å²) < 4.78 is 10.0. The van der Waals surface area contributed by atoms with E-state index in [1.54, 1.807) is 0 Å². The van der Waals surface area contributed by atoms with Crippen LogP contribution in [0.5, 0.6) is 0 Å². The molecule has 0 atom stereocenters. The number of hydrogen-bond acceptors (Lipinski definition) is 1. The van der Waals surface area contributed by atoms with Crippen LogP contribution in [0.1, 0.15) is 0 Å². The summed E-state index contributed by atoms with van der Waals surface area (Å²) >= 11 is 1.86. The monoisotopic (exact) mass is 755 g/mol. The molecule has 0 aliphatic heterocycles. The third-order valence-electron chi connectivity index (χ3n) is 12.2. The van der Waals surface area contributed by atoms with E-state index in [4.69, 9.17) is 0 Å². The zero-order valence-corrected chi connectivity index (χ0v) is 32.1. The van der Waals surface area contributed by atoms with Gasteiger partial charge in [-0.1, -0.05) is 109 Å². The summed E-state index contributed by atoms with van der Waals surface area (Å²) in [5, 5.41) is 10.1. The second-order valence-electron chi connectivity index (χ2n) is 15.3. The Morgan fingerprint density at radius 3 is 1.19 bits per heavy atom. The first kappa shape index (κ1) is 31.8. The second kappa shape index (κ2) is 12.1. The van der Waals surface area contributed by atoms with E-state index >= 15 is 0 Å². The summed E-state index contributed by atoms with van der Waals surface area (Å²) in [4.78, 5) is 0. The van der Waals surface area contributed by atoms with Crippen LogP contribution in [-0.4, -0.2) is 13.7 Å². The topological polar surface area (TPSA) is 14.8 Å². The third-order valence-corrected chi connectivity index (χ3v) is 13.4. The SMILES string of the molecule is c1ccc(-n2c3ccccc3c3cc4c(cc32)c2cc3c(cc2n4-c2ccccc2)c2ccccc2n3-c2ccc(-c3ccc4sc5ccccc5c4c3)cc2)cc1. The van der Waals surface area contributed by atoms with Gasteiger partial charge < -0.3 is 13.7 Å². The summed E-state index contributed by atoms with van der Waals surface area (Å²) in [7, 11) is 0. The minimum atomic E-state index is 1.15. The van der Waals surface area contributed by atoms with Crippen LogP contribution < -0.4 is 0 Å². The molecule has 0 amide bonds. The molecule has 0 saturated carbocycles. The number of hydrogen-bond donors (Lipinski definition) is 0. The standard InChI is InChI=1S/C54H33N3S/c1-3-13-36(14-4-1)55-47-20-10-7-17-39(47)42-30-51-44(32-49(42)55)45-33-50-43(31-52(45)57(51)37-15-5-2-6-16-37)40-18-8-11-21-48(40)56(50)38-26-23-34(24-27-38)35-25-28-54-46(29-35)41-19-9-12-22-53(41)58-54/h1-33H. The molecule has 4 heterocycles. The lowest BCUT2D eigenvalue weighted by atomic mass is 10.0. The van der Waals surface area contributed by atoms with Gasteiger partial charge in [0.1, 0.15) is 0 Å². The molecule has 13 rings (SSSR count). The summed E-state index contributed by atoms with van der Waals surface area (Å²) in [6, 6.07) is 73.7. The van der Waals surface area contributed by atoms with Gasteiger partial charge >= 0.3 is 0 Å². The van der Waals surface area contributed by atoms with Crippen molar-refractivity contribution in [2.75, 3.05) is 0 Å². The molecule has 0 aliphatic rings. The van der Waals surface area contributed by atoms with E-state index in [9.17, 15) is 0 Å². The number of benzene rings is 9. The predicted molar refractivity (Wildman–Crippen MR) is 248 cm³/mol. The molecule has 0 fully saturated rings. The van der Waals surface area contributed by atoms with Gasteiger partial charge in [0, 0.05) is 69.6 Å². The summed E-state index contributed by atoms with van der Waals surface area (Å²) in [6.07, 6.45) is 0. The molecule has 0 N–H and O–H groups in total. The fourth-order valence-electron chi connectivity index (χ4n) is 9.64. The maximum atomic E-state index is 2.46. The fourth-order valence-corrected chi connectivity index (χ4v) is 10.7. The maximum absolute atomic E-state index is 2.46. The molecule has 13 aromatic rings. The molecule has 0 radical (unpaired) electrons. The molecule has 4 aromatic heterocycles. The third kappa shape index (κ3) is 4.49. The van der Waals surface area contributed by atoms with Crippen LogP contribution in [0, 0.1) is 0 Å². The molecular weight excluding hydrogens is 723 g/mol. The highest BCUT2D eigenvalue weighted by molar-refractivity contribution is 7.25. The Morgan fingerprint density at radius 1 is 0.241 bits per heavy atom. The molecule has 0 unspecified atom stereocenters. The number of nitrogens with zero attached hydrogens (tertiary/aromatic N) is 3. The molecule has 9 aromatic carbocycles. The lowest BCUT2D eigenvalue weighted by Crippen LogP contribution is -1.95. The van der Waals surface area contributed by atoms with E-state index in [1.807, 2.05) is 11.3 Å². The average Bonchev–Trinajstić information content (AvgIpc) is 4.01. The molecule has 0 aliphatic carbocycles. The number of fused-ring (bicyclic) bond motifs is 12. The van der Waals surface area contributed by atoms with Crippen LogP contribution in [-0.2, 0) is 0 Å². The molecule has 4 heteroatoms. The van der Waals surface area contributed by atoms with E-state index in [1.165, 1.54) is 96.7 Å². The number of para-hydroxylation sites is 4. The lowest BCUT2D eigenvalue weighted by Gasteiger charge is -2.10. The van der Waals surface area contributed by atoms with Crippen molar-refractivity contribution < 1.29 is 0 Å². The van der Waals surface area contributed by atoms with Gasteiger partial charge in [-0.3, -0.25) is 0 Å². The Hall–Kier alpha value is -7.40. The highest BCUT2D eigenvalue weighted by atomic mass is 32.1. The molecule has 3 nitrogen and oxygen atoms in total. The summed E-state index contributed by atoms with van der Waals surface area (Å²) in [5.41, 5.74) is 13.1. The van der Waals surface area contributed by atoms with Gasteiger partial charge in [0.25, 0.3) is 0 Å². The van der Waals surface area contributed by atoms with Crippen molar-refractivity contribution in [3.05, 3.63) is 200 Å². The first-order valence-corrected chi connectivity index (χ1v) is 20.7. The zero-order chi connectivity index (χ0) is 37.9. The van der Waals surface area contributed by atoms with E-state index < -0.39 is 0 Å². The normalized spacial score (nSPS) is 12.1. The van der Waals surface area contributed by atoms with Crippen molar-refractivity contribution in [3.63, 3.8) is 0 Å². The first-order chi connectivity index (χ1) is 28.8. The van der Waals surface area contributed by atoms with E-state index in [-0.39, 0.29) is 0 Å². The Labute approximate surface area is 337 Å². The van der Waals surface area contributed by atoms with Crippen LogP contribution in [0.3, 0.4) is 0 Å². The Balaban J connectivity index is 1.07. The maximum Gasteiger partial charge on any atom is 0.0548 e. The average molecular weight is 756 g/mol. The van der Waals surface area contributed by atoms with Crippen molar-refractivity contribution in [1.82, 2.24) is 13.7 Å². The van der Waals surface area contributed by atoms with Gasteiger partial charge in [0.15, 0.2) is 0 Å². The van der Waals surface area contributed by atoms with Crippen LogP contribution in [0.25, 0.3) is 114 Å². The van der Waals surface area contributed by atoms with Gasteiger partial charge in [-0.25, -0.2) is 0 Å². The van der Waals surface area contributed by atoms with Gasteiger partial charge in [0.05, 0.1) is 33.1 Å². The van der Waals surface area contributed by atoms with E-state index in [0.29, 0.717) is 0 Å². The van der Waals surface area contributed by atoms with Crippen LogP contribution >= 0.6 is 11.3 Å². The van der Waals surface area contributed by atoms with Crippen molar-refractivity contribution in [2.45, 2.75) is 0 Å². The fraction of sp³-hybridized carbons (Fsp3) is 0. The smallest absolute Gasteiger partial charge is 0.0548 e. The zero-order valence-electron chi connectivity index (χ0n) is 31.3. The second-order valence-corrected chi connectivity index (χ2v) is 16.4. The van der Waals surface area contributed by atoms with Crippen molar-refractivity contribution >= 4 is 96.9 Å². The Morgan fingerprint density at radius 2 is 0.638 bits per heavy atom. The number of aromatic nitrogens is 3. The first-order valence-electron chi connectivity index (χ1n) is 19.8. The molecule has 270 valence electrons. The highest BCUT2D eigenvalue weighted by Gasteiger charge is 2.21.